The summed E-state index contributed by atoms with van der Waals surface area (Å²) in [5.41, 5.74) is 13.1. The molecule has 6 N–H and O–H groups in total. The normalized spacial score (nSPS) is 16.9. The summed E-state index contributed by atoms with van der Waals surface area (Å²) in [5, 5.41) is 9.18. The Morgan fingerprint density at radius 1 is 1.03 bits per heavy atom. The van der Waals surface area contributed by atoms with Gasteiger partial charge in [0.05, 0.1) is 23.5 Å². The Morgan fingerprint density at radius 3 is 2.43 bits per heavy atom. The Balaban J connectivity index is 1.41. The maximum Gasteiger partial charge on any atom is 0.240 e. The maximum absolute atomic E-state index is 13.2. The highest BCUT2D eigenvalue weighted by molar-refractivity contribution is 7.89. The van der Waals surface area contributed by atoms with E-state index in [0.29, 0.717) is 18.5 Å². The minimum atomic E-state index is -3.91. The van der Waals surface area contributed by atoms with Gasteiger partial charge in [0.1, 0.15) is 5.84 Å². The topological polar surface area (TPSA) is 159 Å². The van der Waals surface area contributed by atoms with Crippen LogP contribution in [0.5, 0.6) is 0 Å². The van der Waals surface area contributed by atoms with Gasteiger partial charge in [-0.25, -0.2) is 13.1 Å². The second-order valence-corrected chi connectivity index (χ2v) is 11.0. The summed E-state index contributed by atoms with van der Waals surface area (Å²) in [5.74, 6) is -0.751. The first-order chi connectivity index (χ1) is 17.7. The first kappa shape index (κ1) is 26.5. The quantitative estimate of drug-likeness (QED) is 0.249. The molecule has 1 saturated heterocycles. The van der Waals surface area contributed by atoms with Gasteiger partial charge in [0.15, 0.2) is 5.78 Å². The minimum absolute atomic E-state index is 0.0437. The number of hydrogen-bond donors (Lipinski definition) is 4. The molecule has 194 valence electrons. The summed E-state index contributed by atoms with van der Waals surface area (Å²) >= 11 is 0. The minimum Gasteiger partial charge on any atom is -0.384 e. The summed E-state index contributed by atoms with van der Waals surface area (Å²) in [4.78, 5) is 27.9. The third-order valence-corrected chi connectivity index (χ3v) is 8.06. The van der Waals surface area contributed by atoms with Crippen LogP contribution in [0.4, 0.5) is 0 Å². The van der Waals surface area contributed by atoms with E-state index in [1.165, 1.54) is 11.0 Å². The predicted octanol–water partition coefficient (Wildman–Crippen LogP) is 1.92. The number of amides is 1. The predicted molar refractivity (Wildman–Crippen MR) is 143 cm³/mol. The van der Waals surface area contributed by atoms with Gasteiger partial charge in [0, 0.05) is 12.1 Å². The van der Waals surface area contributed by atoms with Crippen molar-refractivity contribution in [3.8, 4) is 0 Å². The lowest BCUT2D eigenvalue weighted by Gasteiger charge is -2.36. The van der Waals surface area contributed by atoms with E-state index in [9.17, 15) is 18.0 Å². The largest absolute Gasteiger partial charge is 0.384 e. The van der Waals surface area contributed by atoms with Crippen molar-refractivity contribution >= 4 is 38.3 Å². The summed E-state index contributed by atoms with van der Waals surface area (Å²) in [7, 11) is -3.91. The van der Waals surface area contributed by atoms with E-state index >= 15 is 0 Å². The third kappa shape index (κ3) is 6.22. The zero-order chi connectivity index (χ0) is 26.6. The van der Waals surface area contributed by atoms with E-state index in [4.69, 9.17) is 16.9 Å². The number of nitrogens with zero attached hydrogens (tertiary/aromatic N) is 1. The number of benzene rings is 3. The molecular weight excluding hydrogens is 490 g/mol. The molecule has 37 heavy (non-hydrogen) atoms. The molecule has 1 unspecified atom stereocenters. The van der Waals surface area contributed by atoms with E-state index in [2.05, 4.69) is 4.72 Å². The molecule has 0 radical (unpaired) electrons. The van der Waals surface area contributed by atoms with Crippen LogP contribution in [0.2, 0.25) is 0 Å². The Labute approximate surface area is 216 Å². The average Bonchev–Trinajstić information content (AvgIpc) is 2.91. The third-order valence-electron chi connectivity index (χ3n) is 6.66. The number of nitrogens with two attached hydrogens (primary N) is 2. The maximum atomic E-state index is 13.2. The van der Waals surface area contributed by atoms with Gasteiger partial charge in [-0.05, 0) is 54.2 Å². The monoisotopic (exact) mass is 521 g/mol. The number of rotatable bonds is 9. The van der Waals surface area contributed by atoms with E-state index in [0.717, 1.165) is 29.2 Å². The number of Topliss-reactive ketones (excluding diaryl/α,β-unsaturated/α-hetero) is 1. The van der Waals surface area contributed by atoms with Crippen LogP contribution in [-0.4, -0.2) is 56.0 Å². The molecule has 0 aromatic heterocycles. The lowest BCUT2D eigenvalue weighted by atomic mass is 9.96. The number of sulfonamides is 1. The Morgan fingerprint density at radius 2 is 1.73 bits per heavy atom. The number of ketones is 1. The van der Waals surface area contributed by atoms with Gasteiger partial charge < -0.3 is 16.4 Å². The van der Waals surface area contributed by atoms with Crippen LogP contribution in [-0.2, 0) is 26.0 Å². The second-order valence-electron chi connectivity index (χ2n) is 9.26. The molecule has 0 aliphatic carbocycles. The van der Waals surface area contributed by atoms with E-state index in [-0.39, 0.29) is 28.8 Å². The van der Waals surface area contributed by atoms with Crippen LogP contribution in [0.1, 0.15) is 30.4 Å². The first-order valence-electron chi connectivity index (χ1n) is 12.2. The van der Waals surface area contributed by atoms with Crippen LogP contribution >= 0.6 is 0 Å². The van der Waals surface area contributed by atoms with Gasteiger partial charge in [0.25, 0.3) is 0 Å². The average molecular weight is 522 g/mol. The standard InChI is InChI=1S/C27H31N5O4S/c28-23(15-18-8-10-20(11-9-18)26(29)30)27(34)32-14-4-3-7-24(32)25(33)17-31-37(35,36)22-13-12-19-5-1-2-6-21(19)16-22/h1-2,5-6,8-13,16,23-24,31H,3-4,7,14-15,17,28H2,(H3,29,30)/t23-,24?/m0/s1. The van der Waals surface area contributed by atoms with E-state index in [1.807, 2.05) is 24.3 Å². The van der Waals surface area contributed by atoms with Gasteiger partial charge in [0.2, 0.25) is 15.9 Å². The van der Waals surface area contributed by atoms with Crippen LogP contribution in [0.3, 0.4) is 0 Å². The van der Waals surface area contributed by atoms with Crippen molar-refractivity contribution in [1.82, 2.24) is 9.62 Å². The summed E-state index contributed by atoms with van der Waals surface area (Å²) < 4.78 is 28.1. The molecule has 3 aromatic carbocycles. The zero-order valence-electron chi connectivity index (χ0n) is 20.4. The number of piperidine rings is 1. The van der Waals surface area contributed by atoms with Gasteiger partial charge in [-0.2, -0.15) is 0 Å². The molecule has 1 aliphatic rings. The molecule has 2 atom stereocenters. The number of fused-ring (bicyclic) bond motifs is 1. The van der Waals surface area contributed by atoms with Crippen molar-refractivity contribution < 1.29 is 18.0 Å². The number of likely N-dealkylation sites (tertiary alicyclic amines) is 1. The van der Waals surface area contributed by atoms with Gasteiger partial charge in [-0.15, -0.1) is 0 Å². The van der Waals surface area contributed by atoms with E-state index in [1.54, 1.807) is 36.4 Å². The van der Waals surface area contributed by atoms with Crippen LogP contribution in [0.25, 0.3) is 10.8 Å². The van der Waals surface area contributed by atoms with Crippen LogP contribution in [0, 0.1) is 5.41 Å². The number of carbonyl (C=O) groups is 2. The smallest absolute Gasteiger partial charge is 0.240 e. The van der Waals surface area contributed by atoms with Crippen LogP contribution < -0.4 is 16.2 Å². The molecule has 9 nitrogen and oxygen atoms in total. The Kier molecular flexibility index (Phi) is 8.01. The summed E-state index contributed by atoms with van der Waals surface area (Å²) in [6.45, 7) is -0.0189. The SMILES string of the molecule is N=C(N)c1ccc(C[C@H](N)C(=O)N2CCCCC2C(=O)CNS(=O)(=O)c2ccc3ccccc3c2)cc1. The molecule has 3 aromatic rings. The molecule has 4 rings (SSSR count). The number of amidine groups is 1. The summed E-state index contributed by atoms with van der Waals surface area (Å²) in [6.07, 6.45) is 2.24. The van der Waals surface area contributed by atoms with Gasteiger partial charge in [-0.3, -0.25) is 15.0 Å². The fraction of sp³-hybridized carbons (Fsp3) is 0.296. The second kappa shape index (κ2) is 11.2. The van der Waals surface area contributed by atoms with Crippen molar-refractivity contribution in [3.63, 3.8) is 0 Å². The lowest BCUT2D eigenvalue weighted by molar-refractivity contribution is -0.142. The summed E-state index contributed by atoms with van der Waals surface area (Å²) in [6, 6.07) is 17.6. The van der Waals surface area contributed by atoms with Crippen molar-refractivity contribution in [2.75, 3.05) is 13.1 Å². The van der Waals surface area contributed by atoms with Crippen molar-refractivity contribution in [1.29, 1.82) is 5.41 Å². The van der Waals surface area contributed by atoms with Crippen LogP contribution in [0.15, 0.2) is 71.6 Å². The molecule has 0 saturated carbocycles. The fourth-order valence-electron chi connectivity index (χ4n) is 4.61. The molecule has 0 spiro atoms. The first-order valence-corrected chi connectivity index (χ1v) is 13.6. The molecule has 1 amide bonds. The number of nitrogen functional groups attached to an aromatic ring is 1. The highest BCUT2D eigenvalue weighted by Crippen LogP contribution is 2.21. The lowest BCUT2D eigenvalue weighted by Crippen LogP contribution is -2.55. The number of nitrogens with one attached hydrogen (secondary N) is 2. The van der Waals surface area contributed by atoms with Crippen molar-refractivity contribution in [2.45, 2.75) is 42.7 Å². The van der Waals surface area contributed by atoms with Gasteiger partial charge >= 0.3 is 0 Å². The molecule has 1 heterocycles. The van der Waals surface area contributed by atoms with Crippen molar-refractivity contribution in [3.05, 3.63) is 77.9 Å². The highest BCUT2D eigenvalue weighted by atomic mass is 32.2. The molecule has 1 fully saturated rings. The Bertz CT molecular complexity index is 1420. The number of hydrogen-bond acceptors (Lipinski definition) is 6. The van der Waals surface area contributed by atoms with E-state index < -0.39 is 28.7 Å². The fourth-order valence-corrected chi connectivity index (χ4v) is 5.63. The molecular formula is C27H31N5O4S. The highest BCUT2D eigenvalue weighted by Gasteiger charge is 2.34. The molecule has 10 heteroatoms. The van der Waals surface area contributed by atoms with Gasteiger partial charge in [-0.1, -0.05) is 54.6 Å². The molecule has 1 aliphatic heterocycles. The molecule has 0 bridgehead atoms. The zero-order valence-corrected chi connectivity index (χ0v) is 21.2. The Hall–Kier alpha value is -3.60. The number of carbonyl (C=O) groups excluding carboxylic acids is 2. The van der Waals surface area contributed by atoms with Crippen molar-refractivity contribution in [2.24, 2.45) is 11.5 Å².